The summed E-state index contributed by atoms with van der Waals surface area (Å²) in [6, 6.07) is 14.3. The monoisotopic (exact) mass is 693 g/mol. The Morgan fingerprint density at radius 2 is 1.83 bits per heavy atom. The van der Waals surface area contributed by atoms with Crippen molar-refractivity contribution in [2.45, 2.75) is 52.5 Å². The standard InChI is InChI=1S/C34H43N7O5S2/c1-5-6-7-17-41(22-48(44,45)40-26-14-15-31(46-4)28(35)19-26)33(43)29(18-23(2)3)38-32(42)25-12-10-24(11-13-25)30-21-47-34(39-30)37-27-9-8-16-36-20-27/h8-16,19-21,23,29,40H,5-7,17-18,22,35H2,1-4H3,(H,37,39)(H,38,42)/t29-/m0/s1. The molecule has 0 aliphatic heterocycles. The number of benzene rings is 2. The van der Waals surface area contributed by atoms with Crippen LogP contribution in [0.4, 0.5) is 22.2 Å². The highest BCUT2D eigenvalue weighted by Crippen LogP contribution is 2.28. The lowest BCUT2D eigenvalue weighted by atomic mass is 10.0. The van der Waals surface area contributed by atoms with Gasteiger partial charge in [0.1, 0.15) is 17.7 Å². The summed E-state index contributed by atoms with van der Waals surface area (Å²) in [6.45, 7) is 6.14. The first kappa shape index (κ1) is 36.2. The smallest absolute Gasteiger partial charge is 0.251 e. The number of thiazole rings is 1. The zero-order valence-corrected chi connectivity index (χ0v) is 29.2. The summed E-state index contributed by atoms with van der Waals surface area (Å²) >= 11 is 1.45. The normalized spacial score (nSPS) is 11.9. The van der Waals surface area contributed by atoms with Crippen molar-refractivity contribution in [1.29, 1.82) is 0 Å². The zero-order chi connectivity index (χ0) is 34.7. The van der Waals surface area contributed by atoms with Crippen molar-refractivity contribution in [3.05, 3.63) is 77.9 Å². The zero-order valence-electron chi connectivity index (χ0n) is 27.6. The number of anilines is 4. The Kier molecular flexibility index (Phi) is 12.7. The van der Waals surface area contributed by atoms with Crippen LogP contribution in [0.15, 0.2) is 72.4 Å². The maximum atomic E-state index is 13.9. The van der Waals surface area contributed by atoms with E-state index in [4.69, 9.17) is 10.5 Å². The predicted molar refractivity (Wildman–Crippen MR) is 192 cm³/mol. The molecule has 1 atom stereocenters. The van der Waals surface area contributed by atoms with E-state index in [0.29, 0.717) is 29.3 Å². The average molecular weight is 694 g/mol. The van der Waals surface area contributed by atoms with Crippen LogP contribution in [0.3, 0.4) is 0 Å². The molecule has 0 fully saturated rings. The van der Waals surface area contributed by atoms with E-state index in [9.17, 15) is 18.0 Å². The van der Waals surface area contributed by atoms with Crippen molar-refractivity contribution in [2.24, 2.45) is 5.92 Å². The molecule has 0 radical (unpaired) electrons. The molecule has 0 bridgehead atoms. The molecular formula is C34H43N7O5S2. The number of methoxy groups -OCH3 is 1. The molecule has 0 saturated carbocycles. The highest BCUT2D eigenvalue weighted by molar-refractivity contribution is 7.92. The van der Waals surface area contributed by atoms with Gasteiger partial charge in [0.25, 0.3) is 15.9 Å². The fourth-order valence-corrected chi connectivity index (χ4v) is 6.93. The maximum absolute atomic E-state index is 13.9. The highest BCUT2D eigenvalue weighted by atomic mass is 32.2. The molecule has 5 N–H and O–H groups in total. The number of hydrogen-bond donors (Lipinski definition) is 4. The largest absolute Gasteiger partial charge is 0.495 e. The number of nitrogen functional groups attached to an aromatic ring is 1. The number of rotatable bonds is 17. The molecule has 256 valence electrons. The number of ether oxygens (including phenoxy) is 1. The van der Waals surface area contributed by atoms with Crippen LogP contribution >= 0.6 is 11.3 Å². The molecule has 0 aliphatic carbocycles. The van der Waals surface area contributed by atoms with Gasteiger partial charge in [-0.3, -0.25) is 19.3 Å². The Bertz CT molecular complexity index is 1760. The van der Waals surface area contributed by atoms with Gasteiger partial charge in [-0.2, -0.15) is 0 Å². The molecule has 12 nitrogen and oxygen atoms in total. The first-order valence-electron chi connectivity index (χ1n) is 15.7. The fraction of sp³-hybridized carbons (Fsp3) is 0.353. The average Bonchev–Trinajstić information content (AvgIpc) is 3.52. The minimum atomic E-state index is -4.01. The van der Waals surface area contributed by atoms with Gasteiger partial charge in [-0.25, -0.2) is 13.4 Å². The number of carbonyl (C=O) groups is 2. The minimum absolute atomic E-state index is 0.0512. The molecule has 14 heteroatoms. The van der Waals surface area contributed by atoms with E-state index in [1.54, 1.807) is 42.7 Å². The third-order valence-corrected chi connectivity index (χ3v) is 9.30. The van der Waals surface area contributed by atoms with Crippen molar-refractivity contribution in [1.82, 2.24) is 20.2 Å². The van der Waals surface area contributed by atoms with Crippen LogP contribution in [0, 0.1) is 5.92 Å². The Labute approximate surface area is 286 Å². The number of hydrogen-bond acceptors (Lipinski definition) is 10. The van der Waals surface area contributed by atoms with Crippen LogP contribution in [0.5, 0.6) is 5.75 Å². The number of pyridine rings is 1. The van der Waals surface area contributed by atoms with Gasteiger partial charge < -0.3 is 26.0 Å². The van der Waals surface area contributed by atoms with Gasteiger partial charge in [0.15, 0.2) is 5.13 Å². The van der Waals surface area contributed by atoms with Crippen molar-refractivity contribution < 1.29 is 22.7 Å². The molecule has 0 spiro atoms. The van der Waals surface area contributed by atoms with Crippen LogP contribution in [0.25, 0.3) is 11.3 Å². The summed E-state index contributed by atoms with van der Waals surface area (Å²) in [5, 5.41) is 8.73. The molecule has 2 amide bonds. The van der Waals surface area contributed by atoms with Gasteiger partial charge in [-0.15, -0.1) is 11.3 Å². The molecule has 4 rings (SSSR count). The summed E-state index contributed by atoms with van der Waals surface area (Å²) in [5.41, 5.74) is 9.26. The summed E-state index contributed by atoms with van der Waals surface area (Å²) in [4.78, 5) is 37.4. The van der Waals surface area contributed by atoms with E-state index in [0.717, 1.165) is 29.8 Å². The van der Waals surface area contributed by atoms with E-state index >= 15 is 0 Å². The van der Waals surface area contributed by atoms with Gasteiger partial charge in [-0.05, 0) is 61.2 Å². The molecule has 0 saturated heterocycles. The van der Waals surface area contributed by atoms with Crippen molar-refractivity contribution in [3.8, 4) is 17.0 Å². The Morgan fingerprint density at radius 1 is 1.06 bits per heavy atom. The quantitative estimate of drug-likeness (QED) is 0.0754. The summed E-state index contributed by atoms with van der Waals surface area (Å²) in [6.07, 6.45) is 6.08. The molecule has 0 aliphatic rings. The van der Waals surface area contributed by atoms with Gasteiger partial charge >= 0.3 is 0 Å². The molecular weight excluding hydrogens is 651 g/mol. The van der Waals surface area contributed by atoms with E-state index < -0.39 is 33.8 Å². The molecule has 2 aromatic heterocycles. The van der Waals surface area contributed by atoms with Gasteiger partial charge in [-0.1, -0.05) is 45.7 Å². The first-order valence-corrected chi connectivity index (χ1v) is 18.3. The number of nitrogens with one attached hydrogen (secondary N) is 3. The number of aromatic nitrogens is 2. The Morgan fingerprint density at radius 3 is 2.48 bits per heavy atom. The molecule has 4 aromatic rings. The second kappa shape index (κ2) is 16.9. The third kappa shape index (κ3) is 10.4. The maximum Gasteiger partial charge on any atom is 0.251 e. The number of carbonyl (C=O) groups excluding carboxylic acids is 2. The van der Waals surface area contributed by atoms with E-state index in [1.165, 1.54) is 35.5 Å². The molecule has 48 heavy (non-hydrogen) atoms. The van der Waals surface area contributed by atoms with Crippen LogP contribution in [0.2, 0.25) is 0 Å². The number of unbranched alkanes of at least 4 members (excludes halogenated alkanes) is 2. The highest BCUT2D eigenvalue weighted by Gasteiger charge is 2.30. The van der Waals surface area contributed by atoms with Crippen molar-refractivity contribution >= 4 is 55.4 Å². The van der Waals surface area contributed by atoms with E-state index in [2.05, 4.69) is 25.3 Å². The lowest BCUT2D eigenvalue weighted by Gasteiger charge is -2.29. The molecule has 0 unspecified atom stereocenters. The Balaban J connectivity index is 1.47. The number of nitrogens with zero attached hydrogens (tertiary/aromatic N) is 3. The summed E-state index contributed by atoms with van der Waals surface area (Å²) in [5.74, 6) is -0.995. The second-order valence-electron chi connectivity index (χ2n) is 11.7. The fourth-order valence-electron chi connectivity index (χ4n) is 4.98. The third-order valence-electron chi connectivity index (χ3n) is 7.34. The van der Waals surface area contributed by atoms with Crippen LogP contribution in [-0.2, 0) is 14.8 Å². The van der Waals surface area contributed by atoms with Crippen LogP contribution in [0.1, 0.15) is 56.8 Å². The number of nitrogens with two attached hydrogens (primary N) is 1. The second-order valence-corrected chi connectivity index (χ2v) is 14.3. The van der Waals surface area contributed by atoms with Crippen molar-refractivity contribution in [2.75, 3.05) is 35.3 Å². The number of amides is 2. The van der Waals surface area contributed by atoms with Gasteiger partial charge in [0.05, 0.1) is 36.1 Å². The molecule has 2 heterocycles. The van der Waals surface area contributed by atoms with Gasteiger partial charge in [0, 0.05) is 29.2 Å². The summed E-state index contributed by atoms with van der Waals surface area (Å²) in [7, 11) is -2.54. The van der Waals surface area contributed by atoms with E-state index in [1.807, 2.05) is 38.3 Å². The molecule has 2 aromatic carbocycles. The van der Waals surface area contributed by atoms with Crippen LogP contribution in [-0.4, -0.2) is 60.7 Å². The topological polar surface area (TPSA) is 169 Å². The van der Waals surface area contributed by atoms with E-state index in [-0.39, 0.29) is 23.8 Å². The summed E-state index contributed by atoms with van der Waals surface area (Å²) < 4.78 is 34.2. The van der Waals surface area contributed by atoms with Crippen molar-refractivity contribution in [3.63, 3.8) is 0 Å². The SMILES string of the molecule is CCCCCN(CS(=O)(=O)Nc1ccc(OC)c(N)c1)C(=O)[C@H](CC(C)C)NC(=O)c1ccc(-c2csc(Nc3cccnc3)n2)cc1. The van der Waals surface area contributed by atoms with Crippen LogP contribution < -0.4 is 25.8 Å². The first-order chi connectivity index (χ1) is 23.0. The Hall–Kier alpha value is -4.69. The number of sulfonamides is 1. The lowest BCUT2D eigenvalue weighted by Crippen LogP contribution is -2.51. The van der Waals surface area contributed by atoms with Gasteiger partial charge in [0.2, 0.25) is 5.91 Å². The lowest BCUT2D eigenvalue weighted by molar-refractivity contribution is -0.132. The predicted octanol–water partition coefficient (Wildman–Crippen LogP) is 6.10. The minimum Gasteiger partial charge on any atom is -0.495 e.